The van der Waals surface area contributed by atoms with Gasteiger partial charge in [-0.05, 0) is 6.92 Å². The number of nitrogens with one attached hydrogen (secondary N) is 1. The van der Waals surface area contributed by atoms with E-state index < -0.39 is 0 Å². The molecule has 0 aliphatic carbocycles. The van der Waals surface area contributed by atoms with E-state index in [0.717, 1.165) is 19.6 Å². The van der Waals surface area contributed by atoms with Crippen LogP contribution in [0.3, 0.4) is 0 Å². The first-order valence-corrected chi connectivity index (χ1v) is 6.69. The first-order chi connectivity index (χ1) is 7.68. The van der Waals surface area contributed by atoms with Gasteiger partial charge in [0.25, 0.3) is 0 Å². The fraction of sp³-hybridized carbons (Fsp3) is 0.800. The first-order valence-electron chi connectivity index (χ1n) is 5.54. The van der Waals surface area contributed by atoms with Crippen LogP contribution in [0.1, 0.15) is 6.92 Å². The Morgan fingerprint density at radius 3 is 3.06 bits per heavy atom. The Balaban J connectivity index is 1.89. The molecule has 2 saturated heterocycles. The number of hydrogen-bond donors (Lipinski definition) is 1. The van der Waals surface area contributed by atoms with Crippen molar-refractivity contribution in [1.29, 1.82) is 0 Å². The van der Waals surface area contributed by atoms with E-state index >= 15 is 0 Å². The second-order valence-corrected chi connectivity index (χ2v) is 5.16. The lowest BCUT2D eigenvalue weighted by molar-refractivity contribution is -0.139. The van der Waals surface area contributed by atoms with Gasteiger partial charge in [-0.25, -0.2) is 0 Å². The molecule has 0 bridgehead atoms. The molecule has 2 fully saturated rings. The Morgan fingerprint density at radius 1 is 1.62 bits per heavy atom. The molecule has 0 aromatic carbocycles. The van der Waals surface area contributed by atoms with Gasteiger partial charge in [-0.3, -0.25) is 9.59 Å². The molecule has 2 aliphatic rings. The Hall–Kier alpha value is -0.750. The highest BCUT2D eigenvalue weighted by Crippen LogP contribution is 2.15. The predicted octanol–water partition coefficient (Wildman–Crippen LogP) is -0.660. The summed E-state index contributed by atoms with van der Waals surface area (Å²) in [5.41, 5.74) is 0. The molecule has 0 aromatic heterocycles. The molecule has 5 nitrogen and oxygen atoms in total. The van der Waals surface area contributed by atoms with E-state index in [4.69, 9.17) is 0 Å². The van der Waals surface area contributed by atoms with Crippen molar-refractivity contribution < 1.29 is 9.59 Å². The number of thioether (sulfide) groups is 1. The van der Waals surface area contributed by atoms with E-state index in [1.54, 1.807) is 16.7 Å². The number of amides is 2. The summed E-state index contributed by atoms with van der Waals surface area (Å²) < 4.78 is 0. The van der Waals surface area contributed by atoms with Crippen LogP contribution in [0, 0.1) is 0 Å². The third-order valence-electron chi connectivity index (χ3n) is 2.97. The third-order valence-corrected chi connectivity index (χ3v) is 3.92. The minimum Gasteiger partial charge on any atom is -0.336 e. The van der Waals surface area contributed by atoms with Crippen molar-refractivity contribution in [3.8, 4) is 0 Å². The molecular weight excluding hydrogens is 226 g/mol. The monoisotopic (exact) mass is 243 g/mol. The SMILES string of the molecule is CC1CNCCN1C(=O)CN1CSCC1=O. The van der Waals surface area contributed by atoms with E-state index in [2.05, 4.69) is 5.32 Å². The summed E-state index contributed by atoms with van der Waals surface area (Å²) in [6, 6.07) is 0.228. The number of nitrogens with zero attached hydrogens (tertiary/aromatic N) is 2. The van der Waals surface area contributed by atoms with E-state index in [0.29, 0.717) is 11.6 Å². The van der Waals surface area contributed by atoms with Crippen LogP contribution in [0.25, 0.3) is 0 Å². The number of rotatable bonds is 2. The molecule has 1 atom stereocenters. The summed E-state index contributed by atoms with van der Waals surface area (Å²) in [5.74, 6) is 1.33. The molecule has 0 spiro atoms. The molecule has 90 valence electrons. The minimum atomic E-state index is 0.0739. The number of piperazine rings is 1. The summed E-state index contributed by atoms with van der Waals surface area (Å²) in [6.45, 7) is 4.71. The quantitative estimate of drug-likeness (QED) is 0.699. The van der Waals surface area contributed by atoms with Gasteiger partial charge in [-0.15, -0.1) is 11.8 Å². The van der Waals surface area contributed by atoms with Crippen LogP contribution in [0.15, 0.2) is 0 Å². The highest BCUT2D eigenvalue weighted by molar-refractivity contribution is 8.00. The molecule has 1 unspecified atom stereocenters. The van der Waals surface area contributed by atoms with Crippen molar-refractivity contribution in [2.75, 3.05) is 37.8 Å². The van der Waals surface area contributed by atoms with Crippen LogP contribution in [0.5, 0.6) is 0 Å². The number of carbonyl (C=O) groups is 2. The zero-order chi connectivity index (χ0) is 11.5. The zero-order valence-corrected chi connectivity index (χ0v) is 10.3. The normalized spacial score (nSPS) is 26.3. The lowest BCUT2D eigenvalue weighted by atomic mass is 10.2. The average Bonchev–Trinajstić information content (AvgIpc) is 2.65. The molecule has 2 aliphatic heterocycles. The van der Waals surface area contributed by atoms with Crippen molar-refractivity contribution in [2.45, 2.75) is 13.0 Å². The van der Waals surface area contributed by atoms with Gasteiger partial charge in [0.2, 0.25) is 11.8 Å². The summed E-state index contributed by atoms with van der Waals surface area (Å²) in [7, 11) is 0. The topological polar surface area (TPSA) is 52.7 Å². The lowest BCUT2D eigenvalue weighted by Gasteiger charge is -2.34. The minimum absolute atomic E-state index is 0.0739. The standard InChI is InChI=1S/C10H17N3O2S/c1-8-4-11-2-3-13(8)9(14)5-12-7-16-6-10(12)15/h8,11H,2-7H2,1H3. The van der Waals surface area contributed by atoms with Crippen molar-refractivity contribution >= 4 is 23.6 Å². The second kappa shape index (κ2) is 5.05. The third kappa shape index (κ3) is 2.49. The van der Waals surface area contributed by atoms with E-state index in [9.17, 15) is 9.59 Å². The summed E-state index contributed by atoms with van der Waals surface area (Å²) in [6.07, 6.45) is 0. The average molecular weight is 243 g/mol. The summed E-state index contributed by atoms with van der Waals surface area (Å²) in [4.78, 5) is 26.9. The maximum absolute atomic E-state index is 12.0. The van der Waals surface area contributed by atoms with Gasteiger partial charge in [-0.1, -0.05) is 0 Å². The highest BCUT2D eigenvalue weighted by atomic mass is 32.2. The van der Waals surface area contributed by atoms with Crippen molar-refractivity contribution in [2.24, 2.45) is 0 Å². The molecule has 0 saturated carbocycles. The Morgan fingerprint density at radius 2 is 2.44 bits per heavy atom. The zero-order valence-electron chi connectivity index (χ0n) is 9.44. The van der Waals surface area contributed by atoms with E-state index in [1.165, 1.54) is 0 Å². The Kier molecular flexibility index (Phi) is 3.70. The van der Waals surface area contributed by atoms with E-state index in [-0.39, 0.29) is 24.4 Å². The van der Waals surface area contributed by atoms with Crippen LogP contribution in [0.4, 0.5) is 0 Å². The molecule has 0 aromatic rings. The number of hydrogen-bond acceptors (Lipinski definition) is 4. The predicted molar refractivity (Wildman–Crippen MR) is 63.1 cm³/mol. The molecule has 0 radical (unpaired) electrons. The first kappa shape index (κ1) is 11.7. The highest BCUT2D eigenvalue weighted by Gasteiger charge is 2.28. The largest absolute Gasteiger partial charge is 0.336 e. The lowest BCUT2D eigenvalue weighted by Crippen LogP contribution is -2.54. The maximum Gasteiger partial charge on any atom is 0.242 e. The van der Waals surface area contributed by atoms with Crippen molar-refractivity contribution in [3.05, 3.63) is 0 Å². The van der Waals surface area contributed by atoms with Crippen LogP contribution in [-0.2, 0) is 9.59 Å². The summed E-state index contributed by atoms with van der Waals surface area (Å²) >= 11 is 1.57. The molecule has 1 N–H and O–H groups in total. The van der Waals surface area contributed by atoms with Crippen molar-refractivity contribution in [3.63, 3.8) is 0 Å². The van der Waals surface area contributed by atoms with Gasteiger partial charge in [0.15, 0.2) is 0 Å². The maximum atomic E-state index is 12.0. The van der Waals surface area contributed by atoms with Gasteiger partial charge in [0.1, 0.15) is 6.54 Å². The van der Waals surface area contributed by atoms with Gasteiger partial charge in [0.05, 0.1) is 11.6 Å². The molecule has 6 heteroatoms. The van der Waals surface area contributed by atoms with Crippen molar-refractivity contribution in [1.82, 2.24) is 15.1 Å². The van der Waals surface area contributed by atoms with Gasteiger partial charge >= 0.3 is 0 Å². The molecule has 16 heavy (non-hydrogen) atoms. The summed E-state index contributed by atoms with van der Waals surface area (Å²) in [5, 5.41) is 3.24. The fourth-order valence-electron chi connectivity index (χ4n) is 2.01. The smallest absolute Gasteiger partial charge is 0.242 e. The van der Waals surface area contributed by atoms with Crippen LogP contribution in [-0.4, -0.2) is 65.5 Å². The number of carbonyl (C=O) groups excluding carboxylic acids is 2. The Bertz CT molecular complexity index is 298. The van der Waals surface area contributed by atoms with Gasteiger partial charge < -0.3 is 15.1 Å². The van der Waals surface area contributed by atoms with Gasteiger partial charge in [-0.2, -0.15) is 0 Å². The molecule has 2 heterocycles. The van der Waals surface area contributed by atoms with E-state index in [1.807, 2.05) is 11.8 Å². The van der Waals surface area contributed by atoms with Crippen LogP contribution >= 0.6 is 11.8 Å². The van der Waals surface area contributed by atoms with Gasteiger partial charge in [0, 0.05) is 25.7 Å². The molecule has 2 amide bonds. The Labute approximate surface area is 99.5 Å². The van der Waals surface area contributed by atoms with Crippen LogP contribution in [0.2, 0.25) is 0 Å². The molecular formula is C10H17N3O2S. The van der Waals surface area contributed by atoms with Crippen LogP contribution < -0.4 is 5.32 Å². The fourth-order valence-corrected chi connectivity index (χ4v) is 2.91. The second-order valence-electron chi connectivity index (χ2n) is 4.21. The molecule has 2 rings (SSSR count).